The normalized spacial score (nSPS) is 10.7. The smallest absolute Gasteiger partial charge is 0.550 e. The average molecular weight is 604 g/mol. The summed E-state index contributed by atoms with van der Waals surface area (Å²) in [5.74, 6) is -13.0. The molecule has 9 nitrogen and oxygen atoms in total. The molecule has 0 spiro atoms. The number of hydrogen-bond acceptors (Lipinski definition) is 9. The minimum Gasteiger partial charge on any atom is -0.550 e. The van der Waals surface area contributed by atoms with Crippen molar-refractivity contribution in [3.63, 3.8) is 0 Å². The maximum Gasteiger partial charge on any atom is 3.00 e. The van der Waals surface area contributed by atoms with Gasteiger partial charge in [0.05, 0.1) is 19.3 Å². The van der Waals surface area contributed by atoms with E-state index in [2.05, 4.69) is 0 Å². The maximum atomic E-state index is 11.2. The first-order chi connectivity index (χ1) is 13.0. The molecule has 0 rings (SSSR count). The Hall–Kier alpha value is -2.02. The molecule has 0 unspecified atom stereocenters. The third-order valence-electron chi connectivity index (χ3n) is 1.86. The predicted molar refractivity (Wildman–Crippen MR) is 62.1 cm³/mol. The zero-order valence-corrected chi connectivity index (χ0v) is 17.9. The minimum absolute atomic E-state index is 0. The van der Waals surface area contributed by atoms with E-state index < -0.39 is 73.0 Å². The van der Waals surface area contributed by atoms with Gasteiger partial charge in [-0.05, 0) is 0 Å². The Morgan fingerprint density at radius 3 is 0.613 bits per heavy atom. The van der Waals surface area contributed by atoms with Gasteiger partial charge < -0.3 is 29.7 Å². The van der Waals surface area contributed by atoms with Crippen LogP contribution in [0.25, 0.3) is 0 Å². The molecule has 0 aromatic carbocycles. The van der Waals surface area contributed by atoms with Crippen molar-refractivity contribution in [1.29, 1.82) is 0 Å². The van der Waals surface area contributed by atoms with Crippen LogP contribution in [0.15, 0.2) is 0 Å². The molecule has 0 aromatic rings. The minimum atomic E-state index is -5.07. The van der Waals surface area contributed by atoms with Gasteiger partial charge in [0.25, 0.3) is 0 Å². The van der Waals surface area contributed by atoms with Crippen LogP contribution in [0.5, 0.6) is 0 Å². The van der Waals surface area contributed by atoms with Crippen LogP contribution in [0.1, 0.15) is 19.3 Å². The van der Waals surface area contributed by atoms with Gasteiger partial charge in [-0.1, -0.05) is 0 Å². The third-order valence-corrected chi connectivity index (χ3v) is 1.86. The van der Waals surface area contributed by atoms with E-state index in [1.807, 2.05) is 0 Å². The van der Waals surface area contributed by atoms with E-state index in [4.69, 9.17) is 0 Å². The fourth-order valence-corrected chi connectivity index (χ4v) is 0.694. The Morgan fingerprint density at radius 2 is 0.581 bits per heavy atom. The second kappa shape index (κ2) is 14.9. The number of carboxylic acid groups (broad SMARTS) is 3. The largest absolute Gasteiger partial charge is 3.00 e. The molecule has 0 aliphatic carbocycles. The van der Waals surface area contributed by atoms with E-state index in [9.17, 15) is 83.6 Å². The van der Waals surface area contributed by atoms with Crippen molar-refractivity contribution in [1.82, 2.24) is 0 Å². The summed E-state index contributed by atoms with van der Waals surface area (Å²) in [5, 5.41) is 28.3. The SMILES string of the molecule is O=C([O-])CC(=O)C(F)(F)F.O=C([O-])CC(=O)C(F)(F)F.O=C([O-])CC(=O)C(F)(F)F.[La+3]. The first-order valence-electron chi connectivity index (χ1n) is 6.41. The van der Waals surface area contributed by atoms with E-state index in [1.54, 1.807) is 0 Å². The van der Waals surface area contributed by atoms with Crippen molar-refractivity contribution >= 4 is 35.3 Å². The molecule has 0 atom stereocenters. The molecular weight excluding hydrogens is 598 g/mol. The van der Waals surface area contributed by atoms with Gasteiger partial charge in [-0.25, -0.2) is 0 Å². The van der Waals surface area contributed by atoms with Crippen molar-refractivity contribution in [3.8, 4) is 0 Å². The number of ketones is 3. The van der Waals surface area contributed by atoms with E-state index in [-0.39, 0.29) is 35.6 Å². The number of carbonyl (C=O) groups excluding carboxylic acids is 6. The molecule has 0 fully saturated rings. The van der Waals surface area contributed by atoms with Crippen molar-refractivity contribution in [2.24, 2.45) is 0 Å². The van der Waals surface area contributed by atoms with Crippen LogP contribution in [-0.2, 0) is 28.8 Å². The second-order valence-corrected chi connectivity index (χ2v) is 4.41. The Kier molecular flexibility index (Phi) is 17.5. The molecule has 0 amide bonds. The zero-order chi connectivity index (χ0) is 25.1. The fourth-order valence-electron chi connectivity index (χ4n) is 0.694. The third kappa shape index (κ3) is 24.1. The zero-order valence-electron chi connectivity index (χ0n) is 14.3. The van der Waals surface area contributed by atoms with E-state index in [0.717, 1.165) is 0 Å². The predicted octanol–water partition coefficient (Wildman–Crippen LogP) is -2.23. The van der Waals surface area contributed by atoms with Crippen LogP contribution in [0, 0.1) is 35.6 Å². The molecule has 0 heterocycles. The number of halogens is 9. The standard InChI is InChI=1S/3C4H3F3O3.La/c3*5-4(6,7)2(8)1-3(9)10;/h3*1H2,(H,9,10);/q;;;+3/p-3. The van der Waals surface area contributed by atoms with Gasteiger partial charge >= 0.3 is 54.1 Å². The summed E-state index contributed by atoms with van der Waals surface area (Å²) in [6, 6.07) is 0. The summed E-state index contributed by atoms with van der Waals surface area (Å²) in [6.07, 6.45) is -20.0. The van der Waals surface area contributed by atoms with Crippen LogP contribution >= 0.6 is 0 Å². The number of carbonyl (C=O) groups is 6. The van der Waals surface area contributed by atoms with Gasteiger partial charge in [-0.15, -0.1) is 0 Å². The van der Waals surface area contributed by atoms with Crippen LogP contribution in [0.3, 0.4) is 0 Å². The van der Waals surface area contributed by atoms with Crippen molar-refractivity contribution in [3.05, 3.63) is 0 Å². The fraction of sp³-hybridized carbons (Fsp3) is 0.500. The second-order valence-electron chi connectivity index (χ2n) is 4.41. The summed E-state index contributed by atoms with van der Waals surface area (Å²) in [5.41, 5.74) is 0. The van der Waals surface area contributed by atoms with E-state index in [0.29, 0.717) is 0 Å². The molecular formula is C12H6F9LaO9. The number of rotatable bonds is 6. The molecule has 0 saturated carbocycles. The van der Waals surface area contributed by atoms with Crippen LogP contribution in [-0.4, -0.2) is 53.8 Å². The van der Waals surface area contributed by atoms with Gasteiger partial charge in [0.15, 0.2) is 0 Å². The number of hydrogen-bond donors (Lipinski definition) is 0. The molecule has 19 heteroatoms. The number of alkyl halides is 9. The Bertz CT molecular complexity index is 576. The first kappa shape index (κ1) is 36.4. The number of aliphatic carboxylic acids is 3. The molecule has 0 N–H and O–H groups in total. The molecule has 0 aliphatic heterocycles. The summed E-state index contributed by atoms with van der Waals surface area (Å²) < 4.78 is 101. The van der Waals surface area contributed by atoms with Crippen molar-refractivity contribution in [2.75, 3.05) is 0 Å². The Morgan fingerprint density at radius 1 is 0.452 bits per heavy atom. The summed E-state index contributed by atoms with van der Waals surface area (Å²) in [7, 11) is 0. The summed E-state index contributed by atoms with van der Waals surface area (Å²) in [6.45, 7) is 0. The quantitative estimate of drug-likeness (QED) is 0.241. The molecule has 174 valence electrons. The first-order valence-corrected chi connectivity index (χ1v) is 6.41. The molecule has 0 aromatic heterocycles. The maximum absolute atomic E-state index is 11.2. The molecule has 0 bridgehead atoms. The Balaban J connectivity index is -0.000000174. The van der Waals surface area contributed by atoms with Crippen LogP contribution in [0.4, 0.5) is 39.5 Å². The molecule has 0 aliphatic rings. The van der Waals surface area contributed by atoms with Gasteiger partial charge in [0.2, 0.25) is 17.3 Å². The van der Waals surface area contributed by atoms with Crippen molar-refractivity contribution < 1.29 is 119 Å². The van der Waals surface area contributed by atoms with Gasteiger partial charge in [-0.2, -0.15) is 39.5 Å². The monoisotopic (exact) mass is 604 g/mol. The summed E-state index contributed by atoms with van der Waals surface area (Å²) in [4.78, 5) is 57.5. The molecule has 31 heavy (non-hydrogen) atoms. The Labute approximate surface area is 192 Å². The van der Waals surface area contributed by atoms with Crippen LogP contribution < -0.4 is 15.3 Å². The van der Waals surface area contributed by atoms with Gasteiger partial charge in [0, 0.05) is 17.9 Å². The van der Waals surface area contributed by atoms with E-state index in [1.165, 1.54) is 0 Å². The van der Waals surface area contributed by atoms with Crippen molar-refractivity contribution in [2.45, 2.75) is 37.8 Å². The van der Waals surface area contributed by atoms with Gasteiger partial charge in [-0.3, -0.25) is 14.4 Å². The van der Waals surface area contributed by atoms with E-state index >= 15 is 0 Å². The molecule has 0 saturated heterocycles. The van der Waals surface area contributed by atoms with Crippen LogP contribution in [0.2, 0.25) is 0 Å². The average Bonchev–Trinajstić information content (AvgIpc) is 2.43. The number of carboxylic acids is 3. The topological polar surface area (TPSA) is 172 Å². The molecule has 0 radical (unpaired) electrons. The number of Topliss-reactive ketones (excluding diaryl/α,β-unsaturated/α-hetero) is 3. The van der Waals surface area contributed by atoms with Gasteiger partial charge in [0.1, 0.15) is 0 Å². The summed E-state index contributed by atoms with van der Waals surface area (Å²) >= 11 is 0.